The lowest BCUT2D eigenvalue weighted by Gasteiger charge is -2.35. The number of nitrogens with zero attached hydrogens (tertiary/aromatic N) is 1. The molecule has 0 saturated carbocycles. The third-order valence-electron chi connectivity index (χ3n) is 6.67. The van der Waals surface area contributed by atoms with Crippen molar-refractivity contribution in [2.75, 3.05) is 11.9 Å². The van der Waals surface area contributed by atoms with Crippen molar-refractivity contribution in [1.82, 2.24) is 10.2 Å². The summed E-state index contributed by atoms with van der Waals surface area (Å²) in [7, 11) is 0. The quantitative estimate of drug-likeness (QED) is 0.225. The molecule has 3 amide bonds. The first-order valence-corrected chi connectivity index (χ1v) is 14.6. The number of hydrogen-bond donors (Lipinski definition) is 2. The van der Waals surface area contributed by atoms with Crippen LogP contribution in [0.15, 0.2) is 72.8 Å². The van der Waals surface area contributed by atoms with E-state index in [-0.39, 0.29) is 17.7 Å². The van der Waals surface area contributed by atoms with Crippen molar-refractivity contribution in [1.29, 1.82) is 0 Å². The van der Waals surface area contributed by atoms with Crippen LogP contribution in [-0.2, 0) is 14.3 Å². The minimum Gasteiger partial charge on any atom is -0.444 e. The van der Waals surface area contributed by atoms with E-state index >= 15 is 0 Å². The Morgan fingerprint density at radius 3 is 2.17 bits per heavy atom. The number of carbonyl (C=O) groups excluding carboxylic acids is 3. The first kappa shape index (κ1) is 31.7. The smallest absolute Gasteiger partial charge is 0.408 e. The van der Waals surface area contributed by atoms with E-state index in [0.717, 1.165) is 30.0 Å². The van der Waals surface area contributed by atoms with Crippen LogP contribution < -0.4 is 10.6 Å². The number of hydrogen-bond acceptors (Lipinski definition) is 4. The first-order valence-electron chi connectivity index (χ1n) is 14.6. The normalized spacial score (nSPS) is 13.0. The van der Waals surface area contributed by atoms with E-state index in [4.69, 9.17) is 4.74 Å². The predicted molar refractivity (Wildman–Crippen MR) is 166 cm³/mol. The van der Waals surface area contributed by atoms with E-state index in [2.05, 4.69) is 17.6 Å². The topological polar surface area (TPSA) is 87.7 Å². The van der Waals surface area contributed by atoms with E-state index in [0.29, 0.717) is 24.2 Å². The number of alkyl carbamates (subject to hydrolysis) is 1. The van der Waals surface area contributed by atoms with Gasteiger partial charge < -0.3 is 20.3 Å². The Morgan fingerprint density at radius 1 is 0.878 bits per heavy atom. The van der Waals surface area contributed by atoms with Crippen molar-refractivity contribution in [3.63, 3.8) is 0 Å². The molecule has 2 unspecified atom stereocenters. The van der Waals surface area contributed by atoms with Gasteiger partial charge in [0, 0.05) is 12.2 Å². The second-order valence-corrected chi connectivity index (χ2v) is 11.9. The van der Waals surface area contributed by atoms with Gasteiger partial charge in [-0.2, -0.15) is 0 Å². The number of carbonyl (C=O) groups is 3. The lowest BCUT2D eigenvalue weighted by molar-refractivity contribution is -0.141. The molecule has 0 aliphatic heterocycles. The van der Waals surface area contributed by atoms with Crippen LogP contribution in [0.1, 0.15) is 78.8 Å². The highest BCUT2D eigenvalue weighted by Gasteiger charge is 2.36. The molecule has 7 nitrogen and oxygen atoms in total. The Labute approximate surface area is 244 Å². The van der Waals surface area contributed by atoms with Crippen molar-refractivity contribution >= 4 is 34.4 Å². The van der Waals surface area contributed by atoms with Crippen LogP contribution in [0.3, 0.4) is 0 Å². The van der Waals surface area contributed by atoms with E-state index in [9.17, 15) is 14.4 Å². The van der Waals surface area contributed by atoms with E-state index in [1.165, 1.54) is 0 Å². The number of fused-ring (bicyclic) bond motifs is 1. The molecular formula is C34H45N3O4. The fourth-order valence-electron chi connectivity index (χ4n) is 4.83. The van der Waals surface area contributed by atoms with Gasteiger partial charge >= 0.3 is 6.09 Å². The van der Waals surface area contributed by atoms with Gasteiger partial charge in [-0.25, -0.2) is 4.79 Å². The maximum Gasteiger partial charge on any atom is 0.408 e. The number of anilines is 1. The van der Waals surface area contributed by atoms with Crippen LogP contribution >= 0.6 is 0 Å². The zero-order valence-corrected chi connectivity index (χ0v) is 25.3. The van der Waals surface area contributed by atoms with Crippen LogP contribution in [0.5, 0.6) is 0 Å². The van der Waals surface area contributed by atoms with Gasteiger partial charge in [0.15, 0.2) is 0 Å². The van der Waals surface area contributed by atoms with E-state index < -0.39 is 23.8 Å². The summed E-state index contributed by atoms with van der Waals surface area (Å²) < 4.78 is 5.48. The summed E-state index contributed by atoms with van der Waals surface area (Å²) in [4.78, 5) is 42.8. The standard InChI is InChI=1S/C34H45N3O4/c1-7-8-14-21-37(32(39)29(22-24(2)3)36-33(40)41-34(4,5)6)30(26-16-10-9-11-17-26)31(38)35-28-20-19-25-15-12-13-18-27(25)23-28/h9-13,15-20,23-24,29-30H,7-8,14,21-22H2,1-6H3,(H,35,38)(H,36,40). The lowest BCUT2D eigenvalue weighted by Crippen LogP contribution is -2.53. The summed E-state index contributed by atoms with van der Waals surface area (Å²) in [5, 5.41) is 7.96. The van der Waals surface area contributed by atoms with Crippen LogP contribution in [0, 0.1) is 5.92 Å². The number of ether oxygens (including phenoxy) is 1. The Hall–Kier alpha value is -3.87. The Kier molecular flexibility index (Phi) is 11.3. The third-order valence-corrected chi connectivity index (χ3v) is 6.67. The summed E-state index contributed by atoms with van der Waals surface area (Å²) in [6.45, 7) is 11.8. The van der Waals surface area contributed by atoms with Crippen LogP contribution in [0.25, 0.3) is 10.8 Å². The molecule has 3 aromatic rings. The van der Waals surface area contributed by atoms with Gasteiger partial charge in [0.25, 0.3) is 5.91 Å². The molecule has 0 aliphatic rings. The fourth-order valence-corrected chi connectivity index (χ4v) is 4.83. The van der Waals surface area contributed by atoms with Gasteiger partial charge in [-0.15, -0.1) is 0 Å². The summed E-state index contributed by atoms with van der Waals surface area (Å²) in [5.41, 5.74) is 0.653. The minimum atomic E-state index is -0.887. The molecule has 0 aromatic heterocycles. The molecule has 220 valence electrons. The molecular weight excluding hydrogens is 514 g/mol. The summed E-state index contributed by atoms with van der Waals surface area (Å²) in [6, 6.07) is 21.4. The molecule has 0 bridgehead atoms. The largest absolute Gasteiger partial charge is 0.444 e. The predicted octanol–water partition coefficient (Wildman–Crippen LogP) is 7.48. The number of amides is 3. The van der Waals surface area contributed by atoms with E-state index in [1.807, 2.05) is 86.6 Å². The van der Waals surface area contributed by atoms with Gasteiger partial charge in [0.05, 0.1) is 0 Å². The monoisotopic (exact) mass is 559 g/mol. The number of benzene rings is 3. The van der Waals surface area contributed by atoms with Gasteiger partial charge in [0.2, 0.25) is 5.91 Å². The summed E-state index contributed by atoms with van der Waals surface area (Å²) in [6.07, 6.45) is 2.37. The highest BCUT2D eigenvalue weighted by molar-refractivity contribution is 6.00. The van der Waals surface area contributed by atoms with Crippen molar-refractivity contribution in [3.05, 3.63) is 78.4 Å². The average molecular weight is 560 g/mol. The van der Waals surface area contributed by atoms with Crippen molar-refractivity contribution in [2.45, 2.75) is 84.9 Å². The number of rotatable bonds is 12. The van der Waals surface area contributed by atoms with Gasteiger partial charge in [-0.3, -0.25) is 9.59 Å². The molecule has 3 aromatic carbocycles. The SMILES string of the molecule is CCCCCN(C(=O)C(CC(C)C)NC(=O)OC(C)(C)C)C(C(=O)Nc1ccc2ccccc2c1)c1ccccc1. The van der Waals surface area contributed by atoms with Gasteiger partial charge in [0.1, 0.15) is 17.7 Å². The average Bonchev–Trinajstić information content (AvgIpc) is 2.91. The fraction of sp³-hybridized carbons (Fsp3) is 0.441. The Morgan fingerprint density at radius 2 is 1.54 bits per heavy atom. The Balaban J connectivity index is 1.99. The Bertz CT molecular complexity index is 1300. The molecule has 0 radical (unpaired) electrons. The first-order chi connectivity index (χ1) is 19.5. The highest BCUT2D eigenvalue weighted by atomic mass is 16.6. The number of unbranched alkanes of at least 4 members (excludes halogenated alkanes) is 2. The van der Waals surface area contributed by atoms with Gasteiger partial charge in [-0.1, -0.05) is 94.3 Å². The molecule has 0 saturated heterocycles. The molecule has 0 spiro atoms. The van der Waals surface area contributed by atoms with Crippen molar-refractivity contribution in [3.8, 4) is 0 Å². The second-order valence-electron chi connectivity index (χ2n) is 11.9. The van der Waals surface area contributed by atoms with Crippen LogP contribution in [0.2, 0.25) is 0 Å². The molecule has 0 heterocycles. The lowest BCUT2D eigenvalue weighted by atomic mass is 9.98. The van der Waals surface area contributed by atoms with Crippen LogP contribution in [0.4, 0.5) is 10.5 Å². The van der Waals surface area contributed by atoms with Crippen LogP contribution in [-0.4, -0.2) is 41.0 Å². The molecule has 0 aliphatic carbocycles. The molecule has 3 rings (SSSR count). The minimum absolute atomic E-state index is 0.123. The van der Waals surface area contributed by atoms with E-state index in [1.54, 1.807) is 25.7 Å². The molecule has 0 fully saturated rings. The molecule has 2 N–H and O–H groups in total. The summed E-state index contributed by atoms with van der Waals surface area (Å²) in [5.74, 6) is -0.488. The third kappa shape index (κ3) is 9.62. The van der Waals surface area contributed by atoms with Crippen molar-refractivity contribution < 1.29 is 19.1 Å². The zero-order valence-electron chi connectivity index (χ0n) is 25.3. The molecule has 41 heavy (non-hydrogen) atoms. The number of nitrogens with one attached hydrogen (secondary N) is 2. The second kappa shape index (κ2) is 14.7. The zero-order chi connectivity index (χ0) is 30.0. The molecule has 2 atom stereocenters. The maximum atomic E-state index is 14.3. The summed E-state index contributed by atoms with van der Waals surface area (Å²) >= 11 is 0. The van der Waals surface area contributed by atoms with Crippen molar-refractivity contribution in [2.24, 2.45) is 5.92 Å². The van der Waals surface area contributed by atoms with Gasteiger partial charge in [-0.05, 0) is 68.0 Å². The maximum absolute atomic E-state index is 14.3. The highest BCUT2D eigenvalue weighted by Crippen LogP contribution is 2.27. The molecule has 7 heteroatoms.